The molecule has 0 atom stereocenters. The molecule has 4 aromatic carbocycles. The largest absolute Gasteiger partial charge is 0.310 e. The molecule has 1 aromatic heterocycles. The van der Waals surface area contributed by atoms with Crippen LogP contribution in [-0.2, 0) is 0 Å². The van der Waals surface area contributed by atoms with Gasteiger partial charge in [-0.25, -0.2) is 0 Å². The van der Waals surface area contributed by atoms with Crippen LogP contribution in [0.5, 0.6) is 0 Å². The van der Waals surface area contributed by atoms with E-state index in [1.807, 2.05) is 0 Å². The molecule has 2 heterocycles. The van der Waals surface area contributed by atoms with Crippen LogP contribution < -0.4 is 16.4 Å². The Morgan fingerprint density at radius 1 is 0.667 bits per heavy atom. The van der Waals surface area contributed by atoms with Crippen molar-refractivity contribution >= 4 is 44.9 Å². The first-order valence-corrected chi connectivity index (χ1v) is 9.51. The summed E-state index contributed by atoms with van der Waals surface area (Å²) in [5.41, 5.74) is 9.41. The van der Waals surface area contributed by atoms with Crippen LogP contribution in [-0.4, -0.2) is 11.3 Å². The normalized spacial score (nSPS) is 12.6. The number of fused-ring (bicyclic) bond motifs is 5. The Morgan fingerprint density at radius 2 is 1.41 bits per heavy atom. The monoisotopic (exact) mass is 343 g/mol. The van der Waals surface area contributed by atoms with Gasteiger partial charge in [0.1, 0.15) is 0 Å². The molecule has 1 aliphatic rings. The van der Waals surface area contributed by atoms with Gasteiger partial charge in [0.05, 0.1) is 5.52 Å². The van der Waals surface area contributed by atoms with Gasteiger partial charge in [-0.15, -0.1) is 0 Å². The maximum atomic E-state index is 2.47. The third-order valence-corrected chi connectivity index (χ3v) is 5.88. The van der Waals surface area contributed by atoms with Gasteiger partial charge in [0.2, 0.25) is 6.71 Å². The maximum absolute atomic E-state index is 2.47. The molecule has 5 aromatic rings. The number of hydrogen-bond acceptors (Lipinski definition) is 0. The Labute approximate surface area is 159 Å². The highest BCUT2D eigenvalue weighted by Crippen LogP contribution is 2.33. The summed E-state index contributed by atoms with van der Waals surface area (Å²) in [5, 5.41) is 2.69. The summed E-state index contributed by atoms with van der Waals surface area (Å²) in [4.78, 5) is 0. The Kier molecular flexibility index (Phi) is 2.96. The van der Waals surface area contributed by atoms with Crippen molar-refractivity contribution < 1.29 is 0 Å². The lowest BCUT2D eigenvalue weighted by Gasteiger charge is -2.27. The zero-order valence-corrected chi connectivity index (χ0v) is 15.2. The quantitative estimate of drug-likeness (QED) is 0.399. The molecular weight excluding hydrogens is 325 g/mol. The fraction of sp³-hybridized carbons (Fsp3) is 0.0400. The zero-order valence-electron chi connectivity index (χ0n) is 15.2. The Bertz CT molecular complexity index is 1330. The second-order valence-electron chi connectivity index (χ2n) is 7.51. The molecule has 0 unspecified atom stereocenters. The molecule has 0 bridgehead atoms. The van der Waals surface area contributed by atoms with Gasteiger partial charge < -0.3 is 4.57 Å². The number of benzene rings is 4. The van der Waals surface area contributed by atoms with E-state index < -0.39 is 0 Å². The lowest BCUT2D eigenvalue weighted by molar-refractivity contribution is 1.19. The number of hydrogen-bond donors (Lipinski definition) is 0. The van der Waals surface area contributed by atoms with Crippen molar-refractivity contribution in [2.45, 2.75) is 6.92 Å². The van der Waals surface area contributed by atoms with Crippen LogP contribution >= 0.6 is 0 Å². The van der Waals surface area contributed by atoms with Crippen LogP contribution in [0.1, 0.15) is 5.56 Å². The third kappa shape index (κ3) is 1.96. The van der Waals surface area contributed by atoms with Crippen LogP contribution in [0.25, 0.3) is 27.5 Å². The minimum Gasteiger partial charge on any atom is -0.310 e. The van der Waals surface area contributed by atoms with Gasteiger partial charge in [-0.2, -0.15) is 0 Å². The molecule has 6 rings (SSSR count). The summed E-state index contributed by atoms with van der Waals surface area (Å²) in [6.45, 7) is 2.48. The molecule has 27 heavy (non-hydrogen) atoms. The molecule has 0 saturated heterocycles. The molecule has 0 N–H and O–H groups in total. The average Bonchev–Trinajstić information content (AvgIpc) is 3.04. The fourth-order valence-electron chi connectivity index (χ4n) is 4.86. The van der Waals surface area contributed by atoms with Crippen molar-refractivity contribution in [3.63, 3.8) is 0 Å². The van der Waals surface area contributed by atoms with Crippen LogP contribution in [0.4, 0.5) is 0 Å². The van der Waals surface area contributed by atoms with Gasteiger partial charge in [-0.1, -0.05) is 83.8 Å². The second kappa shape index (κ2) is 5.37. The number of aryl methyl sites for hydroxylation is 1. The van der Waals surface area contributed by atoms with E-state index in [0.717, 1.165) is 0 Å². The van der Waals surface area contributed by atoms with Crippen molar-refractivity contribution in [2.75, 3.05) is 0 Å². The number of aromatic nitrogens is 1. The Balaban J connectivity index is 1.87. The predicted molar refractivity (Wildman–Crippen MR) is 117 cm³/mol. The minimum atomic E-state index is 0.265. The van der Waals surface area contributed by atoms with Gasteiger partial charge in [-0.05, 0) is 36.0 Å². The van der Waals surface area contributed by atoms with Gasteiger partial charge >= 0.3 is 0 Å². The van der Waals surface area contributed by atoms with Crippen molar-refractivity contribution in [1.82, 2.24) is 4.57 Å². The molecule has 0 spiro atoms. The lowest BCUT2D eigenvalue weighted by atomic mass is 9.35. The summed E-state index contributed by atoms with van der Waals surface area (Å²) in [7, 11) is 0. The molecule has 1 aliphatic heterocycles. The molecule has 2 heteroatoms. The average molecular weight is 343 g/mol. The van der Waals surface area contributed by atoms with Crippen molar-refractivity contribution in [1.29, 1.82) is 0 Å². The molecule has 0 radical (unpaired) electrons. The van der Waals surface area contributed by atoms with E-state index in [-0.39, 0.29) is 6.71 Å². The standard InChI is InChI=1S/C25H18BN/c1-17-15-20-19-11-5-7-13-23(19)27-24-14-8-6-12-21(24)26(22(16-17)25(20)27)18-9-3-2-4-10-18/h2-16H,1H3. The van der Waals surface area contributed by atoms with Crippen LogP contribution in [0.2, 0.25) is 0 Å². The molecule has 0 saturated carbocycles. The highest BCUT2D eigenvalue weighted by molar-refractivity contribution is 6.98. The summed E-state index contributed by atoms with van der Waals surface area (Å²) in [6.07, 6.45) is 0. The molecular formula is C25H18BN. The smallest absolute Gasteiger partial charge is 0.246 e. The van der Waals surface area contributed by atoms with Crippen LogP contribution in [0.15, 0.2) is 91.0 Å². The van der Waals surface area contributed by atoms with Crippen LogP contribution in [0, 0.1) is 6.92 Å². The number of para-hydroxylation sites is 2. The Morgan fingerprint density at radius 3 is 2.30 bits per heavy atom. The van der Waals surface area contributed by atoms with Crippen molar-refractivity contribution in [3.8, 4) is 5.69 Å². The van der Waals surface area contributed by atoms with E-state index in [2.05, 4.69) is 102 Å². The highest BCUT2D eigenvalue weighted by atomic mass is 15.0. The summed E-state index contributed by atoms with van der Waals surface area (Å²) in [5.74, 6) is 0. The summed E-state index contributed by atoms with van der Waals surface area (Å²) >= 11 is 0. The first-order valence-electron chi connectivity index (χ1n) is 9.51. The van der Waals surface area contributed by atoms with E-state index in [1.165, 1.54) is 49.4 Å². The number of nitrogens with zero attached hydrogens (tertiary/aromatic N) is 1. The summed E-state index contributed by atoms with van der Waals surface area (Å²) < 4.78 is 2.47. The number of rotatable bonds is 1. The molecule has 126 valence electrons. The SMILES string of the molecule is Cc1cc2c3c(c1)c1ccccc1n3-c1ccccc1B2c1ccccc1. The first kappa shape index (κ1) is 14.9. The van der Waals surface area contributed by atoms with Crippen molar-refractivity contribution in [3.05, 3.63) is 96.6 Å². The van der Waals surface area contributed by atoms with Crippen molar-refractivity contribution in [2.24, 2.45) is 0 Å². The minimum absolute atomic E-state index is 0.265. The maximum Gasteiger partial charge on any atom is 0.246 e. The molecule has 0 amide bonds. The highest BCUT2D eigenvalue weighted by Gasteiger charge is 2.33. The van der Waals surface area contributed by atoms with Gasteiger partial charge in [0, 0.05) is 22.0 Å². The first-order chi connectivity index (χ1) is 13.3. The fourth-order valence-corrected chi connectivity index (χ4v) is 4.86. The second-order valence-corrected chi connectivity index (χ2v) is 7.51. The van der Waals surface area contributed by atoms with E-state index in [4.69, 9.17) is 0 Å². The van der Waals surface area contributed by atoms with E-state index in [9.17, 15) is 0 Å². The van der Waals surface area contributed by atoms with E-state index in [1.54, 1.807) is 0 Å². The predicted octanol–water partition coefficient (Wildman–Crippen LogP) is 3.92. The van der Waals surface area contributed by atoms with E-state index >= 15 is 0 Å². The topological polar surface area (TPSA) is 4.93 Å². The summed E-state index contributed by atoms with van der Waals surface area (Å²) in [6, 6.07) is 33.3. The Hall–Kier alpha value is -3.26. The zero-order chi connectivity index (χ0) is 18.0. The van der Waals surface area contributed by atoms with Gasteiger partial charge in [0.15, 0.2) is 0 Å². The van der Waals surface area contributed by atoms with Crippen LogP contribution in [0.3, 0.4) is 0 Å². The molecule has 0 aliphatic carbocycles. The molecule has 1 nitrogen and oxygen atoms in total. The van der Waals surface area contributed by atoms with E-state index in [0.29, 0.717) is 0 Å². The lowest BCUT2D eigenvalue weighted by Crippen LogP contribution is -2.55. The molecule has 0 fully saturated rings. The van der Waals surface area contributed by atoms with Gasteiger partial charge in [-0.3, -0.25) is 0 Å². The third-order valence-electron chi connectivity index (χ3n) is 5.88. The van der Waals surface area contributed by atoms with Gasteiger partial charge in [0.25, 0.3) is 0 Å².